The SMILES string of the molecule is Cc1cc(C(=O)O)ccc1NC(=O)C[C@@H](C)NC(=O)OCC1c2ccccc2-c2ccccc21. The Balaban J connectivity index is 1.30. The molecule has 7 nitrogen and oxygen atoms in total. The van der Waals surface area contributed by atoms with E-state index in [4.69, 9.17) is 9.84 Å². The van der Waals surface area contributed by atoms with Gasteiger partial charge in [0.05, 0.1) is 5.56 Å². The van der Waals surface area contributed by atoms with Gasteiger partial charge in [0.15, 0.2) is 0 Å². The molecule has 7 heteroatoms. The number of carboxylic acids is 1. The fourth-order valence-corrected chi connectivity index (χ4v) is 4.31. The summed E-state index contributed by atoms with van der Waals surface area (Å²) in [5, 5.41) is 14.5. The van der Waals surface area contributed by atoms with E-state index in [1.807, 2.05) is 24.3 Å². The average molecular weight is 459 g/mol. The molecule has 0 saturated heterocycles. The normalized spacial score (nSPS) is 12.9. The zero-order chi connectivity index (χ0) is 24.2. The predicted molar refractivity (Wildman–Crippen MR) is 129 cm³/mol. The molecule has 3 aromatic rings. The molecule has 0 aromatic heterocycles. The zero-order valence-corrected chi connectivity index (χ0v) is 19.0. The molecule has 174 valence electrons. The van der Waals surface area contributed by atoms with Crippen LogP contribution < -0.4 is 10.6 Å². The van der Waals surface area contributed by atoms with Gasteiger partial charge in [-0.15, -0.1) is 0 Å². The van der Waals surface area contributed by atoms with Gasteiger partial charge in [0, 0.05) is 24.1 Å². The van der Waals surface area contributed by atoms with Crippen LogP contribution in [0.5, 0.6) is 0 Å². The minimum atomic E-state index is -1.03. The number of ether oxygens (including phenoxy) is 1. The smallest absolute Gasteiger partial charge is 0.407 e. The third kappa shape index (κ3) is 4.93. The van der Waals surface area contributed by atoms with Crippen molar-refractivity contribution in [1.29, 1.82) is 0 Å². The van der Waals surface area contributed by atoms with Gasteiger partial charge < -0.3 is 20.5 Å². The van der Waals surface area contributed by atoms with E-state index < -0.39 is 18.1 Å². The fourth-order valence-electron chi connectivity index (χ4n) is 4.31. The standard InChI is InChI=1S/C27H26N2O5/c1-16-13-18(26(31)32)11-12-24(16)29-25(30)14-17(2)28-27(33)34-15-23-21-9-5-3-7-19(21)20-8-4-6-10-22(20)23/h3-13,17,23H,14-15H2,1-2H3,(H,28,33)(H,29,30)(H,31,32)/t17-/m1/s1. The molecule has 1 aliphatic carbocycles. The number of amides is 2. The lowest BCUT2D eigenvalue weighted by molar-refractivity contribution is -0.116. The highest BCUT2D eigenvalue weighted by atomic mass is 16.5. The minimum absolute atomic E-state index is 0.0338. The van der Waals surface area contributed by atoms with Gasteiger partial charge in [0.1, 0.15) is 6.61 Å². The molecule has 1 aliphatic rings. The largest absolute Gasteiger partial charge is 0.478 e. The number of fused-ring (bicyclic) bond motifs is 3. The lowest BCUT2D eigenvalue weighted by Crippen LogP contribution is -2.36. The Hall–Kier alpha value is -4.13. The summed E-state index contributed by atoms with van der Waals surface area (Å²) in [5.74, 6) is -1.35. The van der Waals surface area contributed by atoms with Gasteiger partial charge in [0.25, 0.3) is 0 Å². The number of carboxylic acid groups (broad SMARTS) is 1. The van der Waals surface area contributed by atoms with E-state index in [0.717, 1.165) is 22.3 Å². The highest BCUT2D eigenvalue weighted by Gasteiger charge is 2.29. The lowest BCUT2D eigenvalue weighted by Gasteiger charge is -2.17. The molecule has 3 N–H and O–H groups in total. The quantitative estimate of drug-likeness (QED) is 0.465. The van der Waals surface area contributed by atoms with E-state index in [-0.39, 0.29) is 30.4 Å². The summed E-state index contributed by atoms with van der Waals surface area (Å²) < 4.78 is 5.53. The van der Waals surface area contributed by atoms with Crippen LogP contribution in [0.3, 0.4) is 0 Å². The number of hydrogen-bond acceptors (Lipinski definition) is 4. The number of aryl methyl sites for hydroxylation is 1. The molecule has 0 bridgehead atoms. The predicted octanol–water partition coefficient (Wildman–Crippen LogP) is 4.95. The molecule has 0 heterocycles. The number of carbonyl (C=O) groups excluding carboxylic acids is 2. The Bertz CT molecular complexity index is 1210. The maximum absolute atomic E-state index is 12.4. The summed E-state index contributed by atoms with van der Waals surface area (Å²) in [6.45, 7) is 3.65. The van der Waals surface area contributed by atoms with Crippen LogP contribution in [0.15, 0.2) is 66.7 Å². The van der Waals surface area contributed by atoms with Gasteiger partial charge in [-0.1, -0.05) is 48.5 Å². The highest BCUT2D eigenvalue weighted by Crippen LogP contribution is 2.44. The van der Waals surface area contributed by atoms with Gasteiger partial charge in [-0.05, 0) is 59.9 Å². The lowest BCUT2D eigenvalue weighted by atomic mass is 9.98. The summed E-state index contributed by atoms with van der Waals surface area (Å²) in [7, 11) is 0. The van der Waals surface area contributed by atoms with Crippen LogP contribution in [0.2, 0.25) is 0 Å². The Morgan fingerprint density at radius 3 is 2.18 bits per heavy atom. The first kappa shape index (κ1) is 23.0. The maximum Gasteiger partial charge on any atom is 0.407 e. The zero-order valence-electron chi connectivity index (χ0n) is 19.0. The van der Waals surface area contributed by atoms with Crippen molar-refractivity contribution in [2.45, 2.75) is 32.2 Å². The van der Waals surface area contributed by atoms with Crippen molar-refractivity contribution in [3.05, 3.63) is 89.0 Å². The molecule has 2 amide bonds. The first-order valence-electron chi connectivity index (χ1n) is 11.1. The number of aromatic carboxylic acids is 1. The number of hydrogen-bond donors (Lipinski definition) is 3. The number of alkyl carbamates (subject to hydrolysis) is 1. The number of anilines is 1. The van der Waals surface area contributed by atoms with Gasteiger partial charge in [-0.25, -0.2) is 9.59 Å². The fraction of sp³-hybridized carbons (Fsp3) is 0.222. The number of carbonyl (C=O) groups is 3. The molecule has 34 heavy (non-hydrogen) atoms. The van der Waals surface area contributed by atoms with Gasteiger partial charge >= 0.3 is 12.1 Å². The molecular formula is C27H26N2O5. The third-order valence-corrected chi connectivity index (χ3v) is 5.95. The summed E-state index contributed by atoms with van der Waals surface area (Å²) in [6, 6.07) is 20.3. The van der Waals surface area contributed by atoms with Crippen LogP contribution >= 0.6 is 0 Å². The van der Waals surface area contributed by atoms with Crippen LogP contribution in [0, 0.1) is 6.92 Å². The van der Waals surface area contributed by atoms with Crippen molar-refractivity contribution in [2.75, 3.05) is 11.9 Å². The van der Waals surface area contributed by atoms with Crippen LogP contribution in [0.4, 0.5) is 10.5 Å². The van der Waals surface area contributed by atoms with E-state index in [1.54, 1.807) is 19.9 Å². The molecular weight excluding hydrogens is 432 g/mol. The molecule has 0 saturated carbocycles. The molecule has 0 aliphatic heterocycles. The highest BCUT2D eigenvalue weighted by molar-refractivity contribution is 5.94. The van der Waals surface area contributed by atoms with E-state index in [1.165, 1.54) is 12.1 Å². The first-order chi connectivity index (χ1) is 16.3. The molecule has 0 fully saturated rings. The van der Waals surface area contributed by atoms with E-state index in [0.29, 0.717) is 11.3 Å². The molecule has 0 radical (unpaired) electrons. The van der Waals surface area contributed by atoms with E-state index in [2.05, 4.69) is 34.9 Å². The van der Waals surface area contributed by atoms with Crippen molar-refractivity contribution in [1.82, 2.24) is 5.32 Å². The van der Waals surface area contributed by atoms with Gasteiger partial charge in [0.2, 0.25) is 5.91 Å². The van der Waals surface area contributed by atoms with Crippen molar-refractivity contribution in [2.24, 2.45) is 0 Å². The van der Waals surface area contributed by atoms with Crippen LogP contribution in [0.1, 0.15) is 46.3 Å². The number of nitrogens with one attached hydrogen (secondary N) is 2. The van der Waals surface area contributed by atoms with Crippen molar-refractivity contribution < 1.29 is 24.2 Å². The van der Waals surface area contributed by atoms with Gasteiger partial charge in [-0.2, -0.15) is 0 Å². The Labute approximate surface area is 197 Å². The molecule has 4 rings (SSSR count). The first-order valence-corrected chi connectivity index (χ1v) is 11.1. The Kier molecular flexibility index (Phi) is 6.63. The molecule has 0 unspecified atom stereocenters. The van der Waals surface area contributed by atoms with E-state index >= 15 is 0 Å². The van der Waals surface area contributed by atoms with Crippen molar-refractivity contribution in [3.63, 3.8) is 0 Å². The van der Waals surface area contributed by atoms with E-state index in [9.17, 15) is 14.4 Å². The molecule has 3 aromatic carbocycles. The monoisotopic (exact) mass is 458 g/mol. The summed E-state index contributed by atoms with van der Waals surface area (Å²) >= 11 is 0. The summed E-state index contributed by atoms with van der Waals surface area (Å²) in [5.41, 5.74) is 5.91. The second-order valence-corrected chi connectivity index (χ2v) is 8.46. The Morgan fingerprint density at radius 2 is 1.59 bits per heavy atom. The third-order valence-electron chi connectivity index (χ3n) is 5.95. The summed E-state index contributed by atoms with van der Waals surface area (Å²) in [4.78, 5) is 35.9. The van der Waals surface area contributed by atoms with Gasteiger partial charge in [-0.3, -0.25) is 4.79 Å². The molecule has 1 atom stereocenters. The maximum atomic E-state index is 12.4. The number of rotatable bonds is 7. The number of benzene rings is 3. The molecule has 0 spiro atoms. The second kappa shape index (κ2) is 9.79. The van der Waals surface area contributed by atoms with Crippen molar-refractivity contribution in [3.8, 4) is 11.1 Å². The average Bonchev–Trinajstić information content (AvgIpc) is 3.12. The topological polar surface area (TPSA) is 105 Å². The van der Waals surface area contributed by atoms with Crippen molar-refractivity contribution >= 4 is 23.7 Å². The van der Waals surface area contributed by atoms with Crippen LogP contribution in [-0.4, -0.2) is 35.7 Å². The van der Waals surface area contributed by atoms with Crippen LogP contribution in [0.25, 0.3) is 11.1 Å². The second-order valence-electron chi connectivity index (χ2n) is 8.46. The Morgan fingerprint density at radius 1 is 0.971 bits per heavy atom. The van der Waals surface area contributed by atoms with Crippen LogP contribution in [-0.2, 0) is 9.53 Å². The minimum Gasteiger partial charge on any atom is -0.478 e. The summed E-state index contributed by atoms with van der Waals surface area (Å²) in [6.07, 6.45) is -0.534.